The molecule has 7 atom stereocenters. The quantitative estimate of drug-likeness (QED) is 0.375. The topological polar surface area (TPSA) is 24.9 Å². The summed E-state index contributed by atoms with van der Waals surface area (Å²) in [5.74, 6) is 5.38. The Morgan fingerprint density at radius 1 is 1.15 bits per heavy atom. The number of rotatable bonds is 8. The van der Waals surface area contributed by atoms with E-state index in [0.29, 0.717) is 10.8 Å². The van der Waals surface area contributed by atoms with Gasteiger partial charge in [0.1, 0.15) is 0 Å². The Morgan fingerprint density at radius 3 is 2.74 bits per heavy atom. The van der Waals surface area contributed by atoms with Gasteiger partial charge in [-0.25, -0.2) is 4.98 Å². The summed E-state index contributed by atoms with van der Waals surface area (Å²) >= 11 is 1.89. The highest BCUT2D eigenvalue weighted by atomic mass is 32.1. The lowest BCUT2D eigenvalue weighted by Gasteiger charge is -2.57. The van der Waals surface area contributed by atoms with Gasteiger partial charge < -0.3 is 5.32 Å². The minimum atomic E-state index is 0.348. The van der Waals surface area contributed by atoms with Crippen LogP contribution in [0.4, 0.5) is 5.13 Å². The van der Waals surface area contributed by atoms with Crippen LogP contribution in [0.2, 0.25) is 0 Å². The van der Waals surface area contributed by atoms with Crippen LogP contribution in [0.3, 0.4) is 0 Å². The van der Waals surface area contributed by atoms with Gasteiger partial charge in [0.25, 0.3) is 0 Å². The van der Waals surface area contributed by atoms with Crippen molar-refractivity contribution in [3.8, 4) is 0 Å². The number of anilines is 1. The molecule has 1 heterocycles. The number of hydrogen-bond acceptors (Lipinski definition) is 3. The summed E-state index contributed by atoms with van der Waals surface area (Å²) in [7, 11) is 0. The third-order valence-corrected chi connectivity index (χ3v) is 12.0. The molecule has 1 N–H and O–H groups in total. The molecule has 3 heteroatoms. The molecule has 2 unspecified atom stereocenters. The number of nitrogens with zero attached hydrogens (tertiary/aromatic N) is 1. The summed E-state index contributed by atoms with van der Waals surface area (Å²) in [6.45, 7) is 17.3. The molecule has 4 aliphatic carbocycles. The predicted octanol–water partition coefficient (Wildman–Crippen LogP) is 9.00. The van der Waals surface area contributed by atoms with Crippen LogP contribution in [-0.4, -0.2) is 11.5 Å². The summed E-state index contributed by atoms with van der Waals surface area (Å²) < 4.78 is 0. The first-order valence-electron chi connectivity index (χ1n) is 14.3. The van der Waals surface area contributed by atoms with Crippen LogP contribution in [-0.2, 0) is 6.42 Å². The highest BCUT2D eigenvalue weighted by Crippen LogP contribution is 2.68. The molecule has 0 saturated heterocycles. The van der Waals surface area contributed by atoms with E-state index in [1.807, 2.05) is 17.4 Å². The first-order chi connectivity index (χ1) is 16.3. The number of aryl methyl sites for hydroxylation is 1. The molecule has 2 fully saturated rings. The SMILES string of the molecule is C=CCNc1nc2c(s1)C1=CC[C@@H]3[C@H](CC[C@]4(C)C(C(C)CCCC(C)C)CC[C@@H]34)[C@@]1(C)CC2. The zero-order chi connectivity index (χ0) is 24.1. The van der Waals surface area contributed by atoms with E-state index in [0.717, 1.165) is 53.6 Å². The van der Waals surface area contributed by atoms with Gasteiger partial charge in [-0.2, -0.15) is 0 Å². The molecule has 0 spiro atoms. The van der Waals surface area contributed by atoms with Crippen LogP contribution < -0.4 is 5.32 Å². The molecular weight excluding hydrogens is 432 g/mol. The fourth-order valence-corrected chi connectivity index (χ4v) is 10.3. The summed E-state index contributed by atoms with van der Waals surface area (Å²) in [5, 5.41) is 4.53. The van der Waals surface area contributed by atoms with Crippen LogP contribution in [0, 0.1) is 46.3 Å². The van der Waals surface area contributed by atoms with Crippen molar-refractivity contribution in [3.63, 3.8) is 0 Å². The zero-order valence-corrected chi connectivity index (χ0v) is 23.3. The van der Waals surface area contributed by atoms with Crippen LogP contribution >= 0.6 is 11.3 Å². The van der Waals surface area contributed by atoms with Crippen molar-refractivity contribution in [2.75, 3.05) is 11.9 Å². The molecule has 0 bridgehead atoms. The fraction of sp³-hybridized carbons (Fsp3) is 0.774. The minimum absolute atomic E-state index is 0.348. The van der Waals surface area contributed by atoms with Crippen LogP contribution in [0.1, 0.15) is 103 Å². The first-order valence-corrected chi connectivity index (χ1v) is 15.1. The van der Waals surface area contributed by atoms with E-state index >= 15 is 0 Å². The number of nitrogens with one attached hydrogen (secondary N) is 1. The predicted molar refractivity (Wildman–Crippen MR) is 148 cm³/mol. The van der Waals surface area contributed by atoms with Crippen molar-refractivity contribution in [3.05, 3.63) is 29.3 Å². The molecule has 0 radical (unpaired) electrons. The molecular formula is C31H48N2S. The van der Waals surface area contributed by atoms with Gasteiger partial charge in [0.15, 0.2) is 5.13 Å². The number of thiazole rings is 1. The van der Waals surface area contributed by atoms with Crippen molar-refractivity contribution in [1.29, 1.82) is 0 Å². The number of aromatic nitrogens is 1. The van der Waals surface area contributed by atoms with Crippen LogP contribution in [0.5, 0.6) is 0 Å². The Balaban J connectivity index is 1.36. The van der Waals surface area contributed by atoms with E-state index in [9.17, 15) is 0 Å². The van der Waals surface area contributed by atoms with E-state index in [-0.39, 0.29) is 0 Å². The maximum Gasteiger partial charge on any atom is 0.183 e. The Morgan fingerprint density at radius 2 is 1.97 bits per heavy atom. The second kappa shape index (κ2) is 9.41. The average Bonchev–Trinajstić information content (AvgIpc) is 3.37. The van der Waals surface area contributed by atoms with Gasteiger partial charge in [-0.1, -0.05) is 77.4 Å². The first kappa shape index (κ1) is 24.6. The monoisotopic (exact) mass is 480 g/mol. The average molecular weight is 481 g/mol. The van der Waals surface area contributed by atoms with E-state index in [4.69, 9.17) is 4.98 Å². The number of hydrogen-bond donors (Lipinski definition) is 1. The third-order valence-electron chi connectivity index (χ3n) is 10.9. The maximum absolute atomic E-state index is 4.96. The van der Waals surface area contributed by atoms with Crippen molar-refractivity contribution in [2.24, 2.45) is 46.3 Å². The Bertz CT molecular complexity index is 928. The second-order valence-corrected chi connectivity index (χ2v) is 14.1. The van der Waals surface area contributed by atoms with E-state index in [2.05, 4.69) is 52.6 Å². The molecule has 2 nitrogen and oxygen atoms in total. The molecule has 0 amide bonds. The van der Waals surface area contributed by atoms with E-state index < -0.39 is 0 Å². The Hall–Kier alpha value is -1.09. The molecule has 0 aromatic carbocycles. The van der Waals surface area contributed by atoms with E-state index in [1.165, 1.54) is 68.4 Å². The van der Waals surface area contributed by atoms with Gasteiger partial charge in [0, 0.05) is 6.54 Å². The van der Waals surface area contributed by atoms with Gasteiger partial charge in [0.2, 0.25) is 0 Å². The number of fused-ring (bicyclic) bond motifs is 7. The molecule has 188 valence electrons. The largest absolute Gasteiger partial charge is 0.358 e. The van der Waals surface area contributed by atoms with Crippen molar-refractivity contribution < 1.29 is 0 Å². The van der Waals surface area contributed by atoms with Crippen molar-refractivity contribution in [2.45, 2.75) is 98.8 Å². The summed E-state index contributed by atoms with van der Waals surface area (Å²) in [5.41, 5.74) is 3.92. The van der Waals surface area contributed by atoms with Crippen LogP contribution in [0.15, 0.2) is 18.7 Å². The van der Waals surface area contributed by atoms with Gasteiger partial charge in [-0.05, 0) is 96.9 Å². The molecule has 0 aliphatic heterocycles. The Kier molecular flexibility index (Phi) is 6.81. The van der Waals surface area contributed by atoms with Gasteiger partial charge in [0.05, 0.1) is 10.6 Å². The molecule has 5 rings (SSSR count). The lowest BCUT2D eigenvalue weighted by Crippen LogP contribution is -2.49. The zero-order valence-electron chi connectivity index (χ0n) is 22.5. The lowest BCUT2D eigenvalue weighted by molar-refractivity contribution is -0.0392. The molecule has 1 aromatic rings. The normalized spacial score (nSPS) is 37.3. The maximum atomic E-state index is 4.96. The highest BCUT2D eigenvalue weighted by Gasteiger charge is 2.59. The summed E-state index contributed by atoms with van der Waals surface area (Å²) in [6, 6.07) is 0. The number of allylic oxidation sites excluding steroid dienone is 2. The van der Waals surface area contributed by atoms with Gasteiger partial charge in [-0.15, -0.1) is 6.58 Å². The Labute approximate surface area is 213 Å². The highest BCUT2D eigenvalue weighted by molar-refractivity contribution is 7.16. The van der Waals surface area contributed by atoms with E-state index in [1.54, 1.807) is 5.57 Å². The minimum Gasteiger partial charge on any atom is -0.358 e. The van der Waals surface area contributed by atoms with Crippen molar-refractivity contribution in [1.82, 2.24) is 4.98 Å². The molecule has 2 saturated carbocycles. The van der Waals surface area contributed by atoms with Crippen molar-refractivity contribution >= 4 is 22.0 Å². The second-order valence-electron chi connectivity index (χ2n) is 13.1. The van der Waals surface area contributed by atoms with Crippen LogP contribution in [0.25, 0.3) is 5.57 Å². The lowest BCUT2D eigenvalue weighted by atomic mass is 9.47. The van der Waals surface area contributed by atoms with Gasteiger partial charge >= 0.3 is 0 Å². The molecule has 1 aromatic heterocycles. The van der Waals surface area contributed by atoms with Gasteiger partial charge in [-0.3, -0.25) is 0 Å². The summed E-state index contributed by atoms with van der Waals surface area (Å²) in [4.78, 5) is 6.46. The molecule has 4 aliphatic rings. The smallest absolute Gasteiger partial charge is 0.183 e. The standard InChI is InChI=1S/C31H48N2S/c1-7-19-32-29-33-27-16-18-31(6)25-15-17-30(5)23(21(4)10-8-9-20(2)3)13-14-24(30)22(25)11-12-26(31)28(27)34-29/h7,12,20-25H,1,8-11,13-19H2,2-6H3,(H,32,33)/t21?,22-,23?,24-,25-,30+,31+/m0/s1. The summed E-state index contributed by atoms with van der Waals surface area (Å²) in [6.07, 6.45) is 18.5. The molecule has 34 heavy (non-hydrogen) atoms. The third kappa shape index (κ3) is 4.02. The fourth-order valence-electron chi connectivity index (χ4n) is 9.14.